The van der Waals surface area contributed by atoms with Gasteiger partial charge in [0.15, 0.2) is 0 Å². The maximum Gasteiger partial charge on any atom is 0.251 e. The summed E-state index contributed by atoms with van der Waals surface area (Å²) in [5.41, 5.74) is 4.24. The molecule has 1 aliphatic heterocycles. The lowest BCUT2D eigenvalue weighted by Crippen LogP contribution is -2.42. The van der Waals surface area contributed by atoms with E-state index in [1.54, 1.807) is 0 Å². The summed E-state index contributed by atoms with van der Waals surface area (Å²) in [5, 5.41) is 11.0. The van der Waals surface area contributed by atoms with Crippen LogP contribution < -0.4 is 10.6 Å². The molecule has 5 heteroatoms. The molecule has 5 nitrogen and oxygen atoms in total. The minimum Gasteiger partial charge on any atom is -0.351 e. The highest BCUT2D eigenvalue weighted by molar-refractivity contribution is 5.94. The number of benzene rings is 1. The van der Waals surface area contributed by atoms with Crippen molar-refractivity contribution in [3.8, 4) is 0 Å². The molecule has 0 atom stereocenters. The Labute approximate surface area is 149 Å². The second-order valence-electron chi connectivity index (χ2n) is 7.53. The Morgan fingerprint density at radius 1 is 1.24 bits per heavy atom. The number of carbonyl (C=O) groups is 1. The van der Waals surface area contributed by atoms with Gasteiger partial charge in [0.05, 0.1) is 12.2 Å². The summed E-state index contributed by atoms with van der Waals surface area (Å²) >= 11 is 0. The molecule has 0 bridgehead atoms. The van der Waals surface area contributed by atoms with Gasteiger partial charge in [0, 0.05) is 17.8 Å². The van der Waals surface area contributed by atoms with E-state index in [-0.39, 0.29) is 11.3 Å². The molecule has 1 aliphatic rings. The van der Waals surface area contributed by atoms with Gasteiger partial charge in [-0.1, -0.05) is 19.1 Å². The quantitative estimate of drug-likeness (QED) is 0.880. The van der Waals surface area contributed by atoms with Gasteiger partial charge in [-0.05, 0) is 69.0 Å². The molecule has 0 radical (unpaired) electrons. The molecular weight excluding hydrogens is 312 g/mol. The third-order valence-corrected chi connectivity index (χ3v) is 5.14. The SMILES string of the molecule is Cc1cc(C)n(Cc2ccc(C(=O)NCC3(C)CCNCC3)cc2)n1. The van der Waals surface area contributed by atoms with Crippen molar-refractivity contribution in [2.45, 2.75) is 40.2 Å². The molecule has 3 rings (SSSR count). The number of rotatable bonds is 5. The maximum absolute atomic E-state index is 12.4. The average molecular weight is 340 g/mol. The number of aryl methyl sites for hydroxylation is 2. The van der Waals surface area contributed by atoms with Crippen LogP contribution in [0.25, 0.3) is 0 Å². The maximum atomic E-state index is 12.4. The zero-order chi connectivity index (χ0) is 17.9. The molecule has 2 N–H and O–H groups in total. The molecule has 2 heterocycles. The van der Waals surface area contributed by atoms with Crippen LogP contribution in [0.4, 0.5) is 0 Å². The highest BCUT2D eigenvalue weighted by Crippen LogP contribution is 2.26. The average Bonchev–Trinajstić information content (AvgIpc) is 2.91. The first kappa shape index (κ1) is 17.7. The van der Waals surface area contributed by atoms with Crippen LogP contribution in [0.5, 0.6) is 0 Å². The van der Waals surface area contributed by atoms with E-state index in [4.69, 9.17) is 0 Å². The number of hydrogen-bond donors (Lipinski definition) is 2. The van der Waals surface area contributed by atoms with Gasteiger partial charge in [-0.3, -0.25) is 9.48 Å². The topological polar surface area (TPSA) is 59.0 Å². The van der Waals surface area contributed by atoms with Crippen molar-refractivity contribution in [3.05, 3.63) is 52.8 Å². The lowest BCUT2D eigenvalue weighted by atomic mass is 9.81. The fraction of sp³-hybridized carbons (Fsp3) is 0.500. The Hall–Kier alpha value is -2.14. The number of hydrogen-bond acceptors (Lipinski definition) is 3. The van der Waals surface area contributed by atoms with E-state index >= 15 is 0 Å². The number of nitrogens with one attached hydrogen (secondary N) is 2. The van der Waals surface area contributed by atoms with Gasteiger partial charge in [0.25, 0.3) is 5.91 Å². The van der Waals surface area contributed by atoms with Crippen molar-refractivity contribution < 1.29 is 4.79 Å². The summed E-state index contributed by atoms with van der Waals surface area (Å²) in [7, 11) is 0. The van der Waals surface area contributed by atoms with Crippen LogP contribution in [0.3, 0.4) is 0 Å². The molecule has 0 saturated carbocycles. The number of amides is 1. The zero-order valence-electron chi connectivity index (χ0n) is 15.4. The van der Waals surface area contributed by atoms with E-state index in [1.165, 1.54) is 0 Å². The Kier molecular flexibility index (Phi) is 5.23. The molecule has 0 unspecified atom stereocenters. The molecule has 1 saturated heterocycles. The number of aromatic nitrogens is 2. The van der Waals surface area contributed by atoms with E-state index in [2.05, 4.69) is 35.6 Å². The normalized spacial score (nSPS) is 16.6. The molecule has 0 aliphatic carbocycles. The van der Waals surface area contributed by atoms with Gasteiger partial charge in [0.1, 0.15) is 0 Å². The summed E-state index contributed by atoms with van der Waals surface area (Å²) in [6.07, 6.45) is 2.21. The Bertz CT molecular complexity index is 727. The van der Waals surface area contributed by atoms with E-state index in [9.17, 15) is 4.79 Å². The van der Waals surface area contributed by atoms with Gasteiger partial charge in [-0.15, -0.1) is 0 Å². The lowest BCUT2D eigenvalue weighted by Gasteiger charge is -2.34. The molecule has 1 amide bonds. The van der Waals surface area contributed by atoms with E-state index in [0.29, 0.717) is 0 Å². The smallest absolute Gasteiger partial charge is 0.251 e. The van der Waals surface area contributed by atoms with Crippen LogP contribution in [-0.2, 0) is 6.54 Å². The fourth-order valence-electron chi connectivity index (χ4n) is 3.37. The van der Waals surface area contributed by atoms with Crippen molar-refractivity contribution in [1.29, 1.82) is 0 Å². The predicted molar refractivity (Wildman–Crippen MR) is 99.8 cm³/mol. The second-order valence-corrected chi connectivity index (χ2v) is 7.53. The molecule has 1 aromatic carbocycles. The monoisotopic (exact) mass is 340 g/mol. The predicted octanol–water partition coefficient (Wildman–Crippen LogP) is 2.67. The first-order chi connectivity index (χ1) is 12.0. The standard InChI is InChI=1S/C20H28N4O/c1-15-12-16(2)24(23-15)13-17-4-6-18(7-5-17)19(25)22-14-20(3)8-10-21-11-9-20/h4-7,12,21H,8-11,13-14H2,1-3H3,(H,22,25). The van der Waals surface area contributed by atoms with Crippen LogP contribution in [0, 0.1) is 19.3 Å². The van der Waals surface area contributed by atoms with Gasteiger partial charge in [0.2, 0.25) is 0 Å². The summed E-state index contributed by atoms with van der Waals surface area (Å²) in [4.78, 5) is 12.4. The van der Waals surface area contributed by atoms with Gasteiger partial charge < -0.3 is 10.6 Å². The van der Waals surface area contributed by atoms with E-state index in [1.807, 2.05) is 35.9 Å². The first-order valence-electron chi connectivity index (χ1n) is 9.04. The molecular formula is C20H28N4O. The summed E-state index contributed by atoms with van der Waals surface area (Å²) < 4.78 is 1.99. The molecule has 1 fully saturated rings. The van der Waals surface area contributed by atoms with Gasteiger partial charge >= 0.3 is 0 Å². The minimum atomic E-state index is 0.0115. The van der Waals surface area contributed by atoms with Crippen LogP contribution in [-0.4, -0.2) is 35.3 Å². The zero-order valence-corrected chi connectivity index (χ0v) is 15.4. The largest absolute Gasteiger partial charge is 0.351 e. The van der Waals surface area contributed by atoms with Crippen LogP contribution in [0.2, 0.25) is 0 Å². The first-order valence-corrected chi connectivity index (χ1v) is 9.04. The van der Waals surface area contributed by atoms with Crippen molar-refractivity contribution in [3.63, 3.8) is 0 Å². The summed E-state index contributed by atoms with van der Waals surface area (Å²) in [6, 6.07) is 9.90. The molecule has 134 valence electrons. The number of carbonyl (C=O) groups excluding carboxylic acids is 1. The van der Waals surface area contributed by atoms with Crippen molar-refractivity contribution >= 4 is 5.91 Å². The molecule has 1 aromatic heterocycles. The number of piperidine rings is 1. The fourth-order valence-corrected chi connectivity index (χ4v) is 3.37. The minimum absolute atomic E-state index is 0.0115. The number of nitrogens with zero attached hydrogens (tertiary/aromatic N) is 2. The molecule has 2 aromatic rings. The van der Waals surface area contributed by atoms with Crippen LogP contribution in [0.1, 0.15) is 47.1 Å². The van der Waals surface area contributed by atoms with Crippen LogP contribution >= 0.6 is 0 Å². The molecule has 25 heavy (non-hydrogen) atoms. The summed E-state index contributed by atoms with van der Waals surface area (Å²) in [5.74, 6) is 0.0115. The highest BCUT2D eigenvalue weighted by atomic mass is 16.1. The third-order valence-electron chi connectivity index (χ3n) is 5.14. The van der Waals surface area contributed by atoms with E-state index < -0.39 is 0 Å². The second kappa shape index (κ2) is 7.40. The van der Waals surface area contributed by atoms with Crippen molar-refractivity contribution in [2.24, 2.45) is 5.41 Å². The van der Waals surface area contributed by atoms with Crippen molar-refractivity contribution in [2.75, 3.05) is 19.6 Å². The Morgan fingerprint density at radius 2 is 1.92 bits per heavy atom. The highest BCUT2D eigenvalue weighted by Gasteiger charge is 2.27. The van der Waals surface area contributed by atoms with E-state index in [0.717, 1.165) is 61.5 Å². The van der Waals surface area contributed by atoms with Crippen molar-refractivity contribution in [1.82, 2.24) is 20.4 Å². The lowest BCUT2D eigenvalue weighted by molar-refractivity contribution is 0.0922. The van der Waals surface area contributed by atoms with Gasteiger partial charge in [-0.2, -0.15) is 5.10 Å². The summed E-state index contributed by atoms with van der Waals surface area (Å²) in [6.45, 7) is 9.85. The Balaban J connectivity index is 1.58. The molecule has 0 spiro atoms. The third kappa shape index (κ3) is 4.48. The Morgan fingerprint density at radius 3 is 2.52 bits per heavy atom. The van der Waals surface area contributed by atoms with Gasteiger partial charge in [-0.25, -0.2) is 0 Å². The van der Waals surface area contributed by atoms with Crippen LogP contribution in [0.15, 0.2) is 30.3 Å².